The molecule has 1 aromatic rings. The molecule has 24 heavy (non-hydrogen) atoms. The van der Waals surface area contributed by atoms with Gasteiger partial charge in [-0.1, -0.05) is 19.3 Å². The number of nitrogens with one attached hydrogen (secondary N) is 1. The number of hydrogen-bond acceptors (Lipinski definition) is 3. The van der Waals surface area contributed by atoms with Gasteiger partial charge in [0.15, 0.2) is 0 Å². The monoisotopic (exact) mass is 330 g/mol. The fourth-order valence-corrected chi connectivity index (χ4v) is 5.03. The number of piperidine rings is 2. The highest BCUT2D eigenvalue weighted by molar-refractivity contribution is 5.78. The molecule has 2 aliphatic heterocycles. The highest BCUT2D eigenvalue weighted by Gasteiger charge is 2.33. The fraction of sp³-hybridized carbons (Fsp3) is 0.789. The van der Waals surface area contributed by atoms with E-state index in [1.165, 1.54) is 37.7 Å². The van der Waals surface area contributed by atoms with Crippen molar-refractivity contribution in [3.05, 3.63) is 18.0 Å². The van der Waals surface area contributed by atoms with Gasteiger partial charge < -0.3 is 4.90 Å². The Morgan fingerprint density at radius 2 is 1.88 bits per heavy atom. The zero-order valence-corrected chi connectivity index (χ0v) is 14.6. The van der Waals surface area contributed by atoms with Crippen molar-refractivity contribution in [2.75, 3.05) is 32.7 Å². The summed E-state index contributed by atoms with van der Waals surface area (Å²) in [7, 11) is 0. The summed E-state index contributed by atoms with van der Waals surface area (Å²) in [5.41, 5.74) is 1.32. The van der Waals surface area contributed by atoms with Crippen LogP contribution in [-0.2, 0) is 4.79 Å². The minimum absolute atomic E-state index is 0.362. The first-order valence-electron chi connectivity index (χ1n) is 9.78. The molecular weight excluding hydrogens is 300 g/mol. The number of nitrogens with zero attached hydrogens (tertiary/aromatic N) is 3. The molecule has 5 heteroatoms. The van der Waals surface area contributed by atoms with Crippen molar-refractivity contribution in [3.8, 4) is 0 Å². The summed E-state index contributed by atoms with van der Waals surface area (Å²) >= 11 is 0. The minimum Gasteiger partial charge on any atom is -0.341 e. The lowest BCUT2D eigenvalue weighted by Gasteiger charge is -2.42. The molecule has 1 amide bonds. The van der Waals surface area contributed by atoms with Gasteiger partial charge in [-0.05, 0) is 62.1 Å². The van der Waals surface area contributed by atoms with Crippen LogP contribution in [0.3, 0.4) is 0 Å². The SMILES string of the molecule is O=C(CN1CCC(c2cn[nH]c2)CC1)N1CC[C@H]2CCCC[C@@H]2C1. The summed E-state index contributed by atoms with van der Waals surface area (Å²) in [6.07, 6.45) is 13.0. The molecule has 1 aliphatic carbocycles. The second kappa shape index (κ2) is 7.26. The van der Waals surface area contributed by atoms with Crippen molar-refractivity contribution in [1.82, 2.24) is 20.0 Å². The second-order valence-electron chi connectivity index (χ2n) is 8.02. The molecule has 4 rings (SSSR count). The van der Waals surface area contributed by atoms with E-state index >= 15 is 0 Å². The Balaban J connectivity index is 1.25. The van der Waals surface area contributed by atoms with Crippen LogP contribution in [-0.4, -0.2) is 58.6 Å². The van der Waals surface area contributed by atoms with Crippen LogP contribution in [0.2, 0.25) is 0 Å². The van der Waals surface area contributed by atoms with Gasteiger partial charge in [-0.25, -0.2) is 0 Å². The number of amides is 1. The lowest BCUT2D eigenvalue weighted by atomic mass is 9.75. The molecule has 5 nitrogen and oxygen atoms in total. The maximum absolute atomic E-state index is 12.7. The molecule has 0 spiro atoms. The maximum atomic E-state index is 12.7. The molecule has 1 aromatic heterocycles. The minimum atomic E-state index is 0.362. The number of H-pyrrole nitrogens is 1. The Labute approximate surface area is 144 Å². The Kier molecular flexibility index (Phi) is 4.88. The Hall–Kier alpha value is -1.36. The maximum Gasteiger partial charge on any atom is 0.236 e. The molecule has 0 radical (unpaired) electrons. The Morgan fingerprint density at radius 1 is 1.08 bits per heavy atom. The highest BCUT2D eigenvalue weighted by atomic mass is 16.2. The third-order valence-corrected chi connectivity index (χ3v) is 6.58. The van der Waals surface area contributed by atoms with E-state index in [-0.39, 0.29) is 0 Å². The first-order chi connectivity index (χ1) is 11.8. The summed E-state index contributed by atoms with van der Waals surface area (Å²) in [5, 5.41) is 6.97. The van der Waals surface area contributed by atoms with Gasteiger partial charge in [-0.15, -0.1) is 0 Å². The van der Waals surface area contributed by atoms with Crippen LogP contribution in [0, 0.1) is 11.8 Å². The average molecular weight is 330 g/mol. The number of carbonyl (C=O) groups is 1. The van der Waals surface area contributed by atoms with Crippen LogP contribution in [0.4, 0.5) is 0 Å². The molecular formula is C19H30N4O. The zero-order valence-electron chi connectivity index (χ0n) is 14.6. The van der Waals surface area contributed by atoms with Crippen LogP contribution >= 0.6 is 0 Å². The molecule has 1 saturated carbocycles. The summed E-state index contributed by atoms with van der Waals surface area (Å²) in [5.74, 6) is 2.64. The number of fused-ring (bicyclic) bond motifs is 1. The molecule has 2 saturated heterocycles. The van der Waals surface area contributed by atoms with Gasteiger partial charge >= 0.3 is 0 Å². The first kappa shape index (κ1) is 16.1. The molecule has 3 heterocycles. The molecule has 1 N–H and O–H groups in total. The van der Waals surface area contributed by atoms with E-state index in [1.807, 2.05) is 12.4 Å². The molecule has 132 valence electrons. The van der Waals surface area contributed by atoms with Gasteiger partial charge in [0.05, 0.1) is 12.7 Å². The van der Waals surface area contributed by atoms with Gasteiger partial charge in [-0.3, -0.25) is 14.8 Å². The average Bonchev–Trinajstić information content (AvgIpc) is 3.16. The predicted octanol–water partition coefficient (Wildman–Crippen LogP) is 2.63. The van der Waals surface area contributed by atoms with Gasteiger partial charge in [0.25, 0.3) is 0 Å². The van der Waals surface area contributed by atoms with Crippen LogP contribution in [0.15, 0.2) is 12.4 Å². The number of hydrogen-bond donors (Lipinski definition) is 1. The Morgan fingerprint density at radius 3 is 2.62 bits per heavy atom. The quantitative estimate of drug-likeness (QED) is 0.927. The van der Waals surface area contributed by atoms with Crippen LogP contribution in [0.25, 0.3) is 0 Å². The van der Waals surface area contributed by atoms with E-state index in [4.69, 9.17) is 0 Å². The molecule has 0 bridgehead atoms. The number of carbonyl (C=O) groups excluding carboxylic acids is 1. The third kappa shape index (κ3) is 3.51. The Bertz CT molecular complexity index is 536. The van der Waals surface area contributed by atoms with Crippen molar-refractivity contribution < 1.29 is 4.79 Å². The summed E-state index contributed by atoms with van der Waals surface area (Å²) in [4.78, 5) is 17.2. The van der Waals surface area contributed by atoms with E-state index < -0.39 is 0 Å². The van der Waals surface area contributed by atoms with E-state index in [2.05, 4.69) is 20.0 Å². The molecule has 0 unspecified atom stereocenters. The normalized spacial score (nSPS) is 29.4. The fourth-order valence-electron chi connectivity index (χ4n) is 5.03. The van der Waals surface area contributed by atoms with Gasteiger partial charge in [0, 0.05) is 19.3 Å². The van der Waals surface area contributed by atoms with Gasteiger partial charge in [0.2, 0.25) is 5.91 Å². The predicted molar refractivity (Wildman–Crippen MR) is 93.6 cm³/mol. The molecule has 2 atom stereocenters. The van der Waals surface area contributed by atoms with Crippen molar-refractivity contribution in [2.24, 2.45) is 11.8 Å². The largest absolute Gasteiger partial charge is 0.341 e. The van der Waals surface area contributed by atoms with Crippen molar-refractivity contribution in [2.45, 2.75) is 50.9 Å². The van der Waals surface area contributed by atoms with Crippen molar-refractivity contribution in [3.63, 3.8) is 0 Å². The summed E-state index contributed by atoms with van der Waals surface area (Å²) in [6.45, 7) is 4.69. The van der Waals surface area contributed by atoms with Crippen LogP contribution in [0.5, 0.6) is 0 Å². The molecule has 3 aliphatic rings. The van der Waals surface area contributed by atoms with E-state index in [1.54, 1.807) is 0 Å². The summed E-state index contributed by atoms with van der Waals surface area (Å²) < 4.78 is 0. The highest BCUT2D eigenvalue weighted by Crippen LogP contribution is 2.36. The number of rotatable bonds is 3. The summed E-state index contributed by atoms with van der Waals surface area (Å²) in [6, 6.07) is 0. The van der Waals surface area contributed by atoms with E-state index in [0.29, 0.717) is 18.4 Å². The number of aromatic nitrogens is 2. The number of likely N-dealkylation sites (tertiary alicyclic amines) is 2. The second-order valence-corrected chi connectivity index (χ2v) is 8.02. The van der Waals surface area contributed by atoms with Crippen molar-refractivity contribution in [1.29, 1.82) is 0 Å². The standard InChI is InChI=1S/C19H30N4O/c24-19(23-10-7-15-3-1-2-4-17(15)13-23)14-22-8-5-16(6-9-22)18-11-20-21-12-18/h11-12,15-17H,1-10,13-14H2,(H,20,21)/t15-,17-/m1/s1. The van der Waals surface area contributed by atoms with E-state index in [9.17, 15) is 4.79 Å². The lowest BCUT2D eigenvalue weighted by molar-refractivity contribution is -0.135. The van der Waals surface area contributed by atoms with Crippen LogP contribution < -0.4 is 0 Å². The van der Waals surface area contributed by atoms with Gasteiger partial charge in [-0.2, -0.15) is 5.10 Å². The van der Waals surface area contributed by atoms with Gasteiger partial charge in [0.1, 0.15) is 0 Å². The molecule has 0 aromatic carbocycles. The smallest absolute Gasteiger partial charge is 0.236 e. The van der Waals surface area contributed by atoms with Crippen molar-refractivity contribution >= 4 is 5.91 Å². The third-order valence-electron chi connectivity index (χ3n) is 6.58. The first-order valence-corrected chi connectivity index (χ1v) is 9.78. The lowest BCUT2D eigenvalue weighted by Crippen LogP contribution is -2.49. The molecule has 3 fully saturated rings. The van der Waals surface area contributed by atoms with Crippen LogP contribution in [0.1, 0.15) is 56.4 Å². The number of aromatic amines is 1. The zero-order chi connectivity index (χ0) is 16.4. The van der Waals surface area contributed by atoms with E-state index in [0.717, 1.165) is 50.9 Å². The topological polar surface area (TPSA) is 52.2 Å².